The van der Waals surface area contributed by atoms with Crippen molar-refractivity contribution in [3.05, 3.63) is 59.9 Å². The van der Waals surface area contributed by atoms with Crippen LogP contribution in [0.15, 0.2) is 48.7 Å². The summed E-state index contributed by atoms with van der Waals surface area (Å²) in [5, 5.41) is 0. The highest BCUT2D eigenvalue weighted by molar-refractivity contribution is 5.28. The van der Waals surface area contributed by atoms with E-state index in [9.17, 15) is 0 Å². The standard InChI is InChI=1S/C10H14O.C8H11N.C8H16O.C7H15N.C7H14O/c1-8(2)9-4-6-10(11-3)7-5-9;1-7(2)8-5-3-4-6-9-8;1-7(2)8-3-5-9-6-4-8;1-7(2)8-5-3-4-6-8;1-6(2)7-4-3-5-8-7/h4-8H,1-3H3;3-7H,1-2H3;7-8H,3-6H2,1-2H3;7H,3-6H2,1-2H3;6-7H,3-5H2,1-2H3. The Morgan fingerprint density at radius 2 is 1.33 bits per heavy atom. The van der Waals surface area contributed by atoms with Crippen molar-refractivity contribution < 1.29 is 14.2 Å². The first-order valence-electron chi connectivity index (χ1n) is 17.9. The van der Waals surface area contributed by atoms with Crippen LogP contribution in [0.3, 0.4) is 0 Å². The highest BCUT2D eigenvalue weighted by atomic mass is 16.5. The lowest BCUT2D eigenvalue weighted by molar-refractivity contribution is 0.0523. The lowest BCUT2D eigenvalue weighted by Crippen LogP contribution is -2.26. The van der Waals surface area contributed by atoms with Gasteiger partial charge in [-0.1, -0.05) is 73.6 Å². The Hall–Kier alpha value is -1.95. The van der Waals surface area contributed by atoms with Gasteiger partial charge in [-0.15, -0.1) is 0 Å². The van der Waals surface area contributed by atoms with Crippen molar-refractivity contribution in [1.29, 1.82) is 0 Å². The van der Waals surface area contributed by atoms with Crippen LogP contribution in [0.1, 0.15) is 131 Å². The summed E-state index contributed by atoms with van der Waals surface area (Å²) in [5.74, 6) is 4.58. The third-order valence-electron chi connectivity index (χ3n) is 8.85. The SMILES string of the molecule is CC(C)C1CCCO1.CC(C)C1CCOCC1.CC(C)N1CCCC1.CC(C)c1ccccn1.COc1ccc(C(C)C)cc1. The van der Waals surface area contributed by atoms with E-state index in [1.54, 1.807) is 7.11 Å². The predicted molar refractivity (Wildman–Crippen MR) is 194 cm³/mol. The smallest absolute Gasteiger partial charge is 0.118 e. The van der Waals surface area contributed by atoms with Gasteiger partial charge < -0.3 is 19.1 Å². The number of methoxy groups -OCH3 is 1. The van der Waals surface area contributed by atoms with Crippen LogP contribution in [0.4, 0.5) is 0 Å². The van der Waals surface area contributed by atoms with E-state index in [1.807, 2.05) is 36.5 Å². The summed E-state index contributed by atoms with van der Waals surface area (Å²) in [6.07, 6.45) is 10.3. The summed E-state index contributed by atoms with van der Waals surface area (Å²) in [6, 6.07) is 15.0. The van der Waals surface area contributed by atoms with Crippen molar-refractivity contribution in [2.45, 2.75) is 132 Å². The normalized spacial score (nSPS) is 18.4. The molecule has 4 heterocycles. The van der Waals surface area contributed by atoms with Gasteiger partial charge in [-0.05, 0) is 125 Å². The van der Waals surface area contributed by atoms with E-state index in [0.717, 1.165) is 55.1 Å². The van der Waals surface area contributed by atoms with Gasteiger partial charge in [0.15, 0.2) is 0 Å². The molecule has 3 aliphatic rings. The molecule has 5 heteroatoms. The molecule has 45 heavy (non-hydrogen) atoms. The monoisotopic (exact) mass is 627 g/mol. The number of aromatic nitrogens is 1. The van der Waals surface area contributed by atoms with E-state index in [4.69, 9.17) is 14.2 Å². The Morgan fingerprint density at radius 1 is 0.711 bits per heavy atom. The maximum absolute atomic E-state index is 5.41. The second-order valence-electron chi connectivity index (χ2n) is 14.2. The van der Waals surface area contributed by atoms with Crippen LogP contribution in [-0.4, -0.2) is 62.0 Å². The maximum Gasteiger partial charge on any atom is 0.118 e. The van der Waals surface area contributed by atoms with Crippen LogP contribution in [0.25, 0.3) is 0 Å². The van der Waals surface area contributed by atoms with Crippen LogP contribution >= 0.6 is 0 Å². The number of ether oxygens (including phenoxy) is 3. The van der Waals surface area contributed by atoms with Gasteiger partial charge in [0.1, 0.15) is 5.75 Å². The predicted octanol–water partition coefficient (Wildman–Crippen LogP) is 10.4. The summed E-state index contributed by atoms with van der Waals surface area (Å²) in [7, 11) is 1.68. The molecule has 0 radical (unpaired) electrons. The molecule has 1 unspecified atom stereocenters. The second-order valence-corrected chi connectivity index (χ2v) is 14.2. The van der Waals surface area contributed by atoms with Crippen molar-refractivity contribution in [1.82, 2.24) is 9.88 Å². The number of hydrogen-bond donors (Lipinski definition) is 0. The zero-order chi connectivity index (χ0) is 33.6. The van der Waals surface area contributed by atoms with Gasteiger partial charge in [-0.3, -0.25) is 4.98 Å². The van der Waals surface area contributed by atoms with Crippen molar-refractivity contribution >= 4 is 0 Å². The minimum atomic E-state index is 0.547. The molecule has 0 bridgehead atoms. The maximum atomic E-state index is 5.41. The van der Waals surface area contributed by atoms with Gasteiger partial charge in [0.25, 0.3) is 0 Å². The van der Waals surface area contributed by atoms with Gasteiger partial charge in [0, 0.05) is 37.8 Å². The van der Waals surface area contributed by atoms with Gasteiger partial charge in [0.05, 0.1) is 13.2 Å². The second kappa shape index (κ2) is 24.3. The highest BCUT2D eigenvalue weighted by Gasteiger charge is 2.18. The minimum Gasteiger partial charge on any atom is -0.497 e. The molecular weight excluding hydrogens is 556 g/mol. The Balaban J connectivity index is 0.000000283. The average Bonchev–Trinajstić information content (AvgIpc) is 3.79. The zero-order valence-corrected chi connectivity index (χ0v) is 31.1. The number of likely N-dealkylation sites (tertiary alicyclic amines) is 1. The molecule has 0 saturated carbocycles. The molecule has 3 saturated heterocycles. The molecule has 1 aromatic carbocycles. The number of nitrogens with zero attached hydrogens (tertiary/aromatic N) is 2. The molecule has 0 N–H and O–H groups in total. The summed E-state index contributed by atoms with van der Waals surface area (Å²) >= 11 is 0. The molecule has 5 rings (SSSR count). The molecule has 258 valence electrons. The van der Waals surface area contributed by atoms with Crippen LogP contribution in [0.2, 0.25) is 0 Å². The van der Waals surface area contributed by atoms with E-state index < -0.39 is 0 Å². The molecule has 0 amide bonds. The summed E-state index contributed by atoms with van der Waals surface area (Å²) < 4.78 is 15.7. The van der Waals surface area contributed by atoms with E-state index in [-0.39, 0.29) is 0 Å². The third kappa shape index (κ3) is 18.7. The molecule has 1 atom stereocenters. The van der Waals surface area contributed by atoms with E-state index in [1.165, 1.54) is 57.2 Å². The Kier molecular flexibility index (Phi) is 22.1. The van der Waals surface area contributed by atoms with Crippen LogP contribution in [0, 0.1) is 17.8 Å². The van der Waals surface area contributed by atoms with Crippen molar-refractivity contribution in [2.75, 3.05) is 40.0 Å². The van der Waals surface area contributed by atoms with Crippen molar-refractivity contribution in [2.24, 2.45) is 17.8 Å². The molecule has 5 nitrogen and oxygen atoms in total. The lowest BCUT2D eigenvalue weighted by atomic mass is 9.89. The Bertz CT molecular complexity index is 906. The average molecular weight is 627 g/mol. The van der Waals surface area contributed by atoms with Crippen LogP contribution < -0.4 is 4.74 Å². The number of benzene rings is 1. The van der Waals surface area contributed by atoms with E-state index in [0.29, 0.717) is 17.9 Å². The van der Waals surface area contributed by atoms with Gasteiger partial charge >= 0.3 is 0 Å². The van der Waals surface area contributed by atoms with Crippen LogP contribution in [0.5, 0.6) is 5.75 Å². The first-order chi connectivity index (χ1) is 21.5. The Labute approximate surface area is 278 Å². The number of pyridine rings is 1. The fourth-order valence-electron chi connectivity index (χ4n) is 5.48. The van der Waals surface area contributed by atoms with Crippen LogP contribution in [-0.2, 0) is 9.47 Å². The first kappa shape index (κ1) is 41.1. The largest absolute Gasteiger partial charge is 0.497 e. The topological polar surface area (TPSA) is 43.8 Å². The van der Waals surface area contributed by atoms with Gasteiger partial charge in [-0.25, -0.2) is 0 Å². The van der Waals surface area contributed by atoms with Crippen molar-refractivity contribution in [3.8, 4) is 5.75 Å². The third-order valence-corrected chi connectivity index (χ3v) is 8.85. The highest BCUT2D eigenvalue weighted by Crippen LogP contribution is 2.22. The number of rotatable bonds is 6. The molecule has 0 aliphatic carbocycles. The molecule has 0 spiro atoms. The van der Waals surface area contributed by atoms with E-state index >= 15 is 0 Å². The fraction of sp³-hybridized carbons (Fsp3) is 0.725. The fourth-order valence-corrected chi connectivity index (χ4v) is 5.48. The first-order valence-corrected chi connectivity index (χ1v) is 17.9. The molecule has 3 aliphatic heterocycles. The molecule has 2 aromatic rings. The van der Waals surface area contributed by atoms with E-state index in [2.05, 4.69) is 91.3 Å². The molecule has 3 fully saturated rings. The van der Waals surface area contributed by atoms with Gasteiger partial charge in [-0.2, -0.15) is 0 Å². The molecular formula is C40H70N2O3. The zero-order valence-electron chi connectivity index (χ0n) is 31.1. The summed E-state index contributed by atoms with van der Waals surface area (Å²) in [6.45, 7) is 27.9. The quantitative estimate of drug-likeness (QED) is 0.319. The van der Waals surface area contributed by atoms with Crippen molar-refractivity contribution in [3.63, 3.8) is 0 Å². The minimum absolute atomic E-state index is 0.547. The summed E-state index contributed by atoms with van der Waals surface area (Å²) in [4.78, 5) is 6.71. The lowest BCUT2D eigenvalue weighted by Gasteiger charge is -2.24. The summed E-state index contributed by atoms with van der Waals surface area (Å²) in [5.41, 5.74) is 2.52. The molecule has 1 aromatic heterocycles. The number of hydrogen-bond acceptors (Lipinski definition) is 5. The Morgan fingerprint density at radius 3 is 1.64 bits per heavy atom. The van der Waals surface area contributed by atoms with Gasteiger partial charge in [0.2, 0.25) is 0 Å².